The zero-order valence-corrected chi connectivity index (χ0v) is 11.1. The zero-order valence-electron chi connectivity index (χ0n) is 9.54. The molecule has 98 valence electrons. The van der Waals surface area contributed by atoms with Crippen molar-refractivity contribution in [1.82, 2.24) is 5.32 Å². The van der Waals surface area contributed by atoms with Gasteiger partial charge in [-0.05, 0) is 25.1 Å². The Morgan fingerprint density at radius 1 is 1.44 bits per heavy atom. The summed E-state index contributed by atoms with van der Waals surface area (Å²) in [4.78, 5) is 22.7. The first-order valence-electron chi connectivity index (χ1n) is 5.12. The number of rotatable bonds is 3. The Balaban J connectivity index is 2.64. The number of aliphatic hydroxyl groups is 1. The highest BCUT2D eigenvalue weighted by Crippen LogP contribution is 2.19. The number of aliphatic hydroxyl groups excluding tert-OH is 1. The molecule has 3 N–H and O–H groups in total. The van der Waals surface area contributed by atoms with Gasteiger partial charge in [0.25, 0.3) is 0 Å². The number of benzene rings is 1. The average molecular weight is 319 g/mol. The maximum atomic E-state index is 13.3. The number of halogens is 2. The van der Waals surface area contributed by atoms with Crippen molar-refractivity contribution in [3.63, 3.8) is 0 Å². The van der Waals surface area contributed by atoms with Gasteiger partial charge in [0, 0.05) is 11.0 Å². The van der Waals surface area contributed by atoms with Crippen LogP contribution in [0.25, 0.3) is 0 Å². The Kier molecular flexibility index (Phi) is 5.24. The monoisotopic (exact) mass is 318 g/mol. The average Bonchev–Trinajstić information content (AvgIpc) is 2.30. The van der Waals surface area contributed by atoms with Gasteiger partial charge in [-0.1, -0.05) is 15.9 Å². The second-order valence-electron chi connectivity index (χ2n) is 3.64. The Morgan fingerprint density at radius 3 is 2.72 bits per heavy atom. The molecule has 0 bridgehead atoms. The lowest BCUT2D eigenvalue weighted by Crippen LogP contribution is -2.38. The fraction of sp³-hybridized carbons (Fsp3) is 0.273. The van der Waals surface area contributed by atoms with E-state index >= 15 is 0 Å². The molecule has 1 atom stereocenters. The molecule has 0 unspecified atom stereocenters. The Bertz CT molecular complexity index is 466. The van der Waals surface area contributed by atoms with E-state index in [0.29, 0.717) is 4.47 Å². The SMILES string of the molecule is C[C@@H](O)CNC(=O)C(=O)Nc1cc(Br)ccc1F. The third kappa shape index (κ3) is 4.42. The molecular weight excluding hydrogens is 307 g/mol. The van der Waals surface area contributed by atoms with Gasteiger partial charge in [0.2, 0.25) is 0 Å². The Hall–Kier alpha value is -1.47. The maximum Gasteiger partial charge on any atom is 0.313 e. The first-order chi connectivity index (χ1) is 8.40. The van der Waals surface area contributed by atoms with Gasteiger partial charge in [-0.2, -0.15) is 0 Å². The third-order valence-corrected chi connectivity index (χ3v) is 2.43. The zero-order chi connectivity index (χ0) is 13.7. The second kappa shape index (κ2) is 6.46. The lowest BCUT2D eigenvalue weighted by Gasteiger charge is -2.08. The number of hydrogen-bond acceptors (Lipinski definition) is 3. The van der Waals surface area contributed by atoms with Crippen LogP contribution in [0.15, 0.2) is 22.7 Å². The molecule has 0 radical (unpaired) electrons. The van der Waals surface area contributed by atoms with Crippen molar-refractivity contribution in [3.8, 4) is 0 Å². The molecule has 18 heavy (non-hydrogen) atoms. The van der Waals surface area contributed by atoms with Crippen molar-refractivity contribution in [1.29, 1.82) is 0 Å². The summed E-state index contributed by atoms with van der Waals surface area (Å²) >= 11 is 3.12. The minimum absolute atomic E-state index is 0.0484. The van der Waals surface area contributed by atoms with Crippen LogP contribution < -0.4 is 10.6 Å². The number of anilines is 1. The van der Waals surface area contributed by atoms with E-state index in [-0.39, 0.29) is 12.2 Å². The first-order valence-corrected chi connectivity index (χ1v) is 5.91. The van der Waals surface area contributed by atoms with Crippen LogP contribution in [0, 0.1) is 5.82 Å². The first kappa shape index (κ1) is 14.6. The van der Waals surface area contributed by atoms with Gasteiger partial charge in [-0.3, -0.25) is 9.59 Å². The van der Waals surface area contributed by atoms with Crippen LogP contribution in [0.2, 0.25) is 0 Å². The van der Waals surface area contributed by atoms with E-state index in [2.05, 4.69) is 26.6 Å². The van der Waals surface area contributed by atoms with Gasteiger partial charge < -0.3 is 15.7 Å². The normalized spacial score (nSPS) is 11.8. The summed E-state index contributed by atoms with van der Waals surface area (Å²) in [7, 11) is 0. The number of nitrogens with one attached hydrogen (secondary N) is 2. The van der Waals surface area contributed by atoms with Crippen LogP contribution in [-0.2, 0) is 9.59 Å². The predicted molar refractivity (Wildman–Crippen MR) is 67.4 cm³/mol. The van der Waals surface area contributed by atoms with Crippen LogP contribution in [0.1, 0.15) is 6.92 Å². The molecular formula is C11H12BrFN2O3. The van der Waals surface area contributed by atoms with Crippen LogP contribution >= 0.6 is 15.9 Å². The molecule has 0 spiro atoms. The van der Waals surface area contributed by atoms with Crippen molar-refractivity contribution in [2.45, 2.75) is 13.0 Å². The molecule has 1 aromatic carbocycles. The highest BCUT2D eigenvalue weighted by atomic mass is 79.9. The minimum Gasteiger partial charge on any atom is -0.392 e. The highest BCUT2D eigenvalue weighted by Gasteiger charge is 2.15. The summed E-state index contributed by atoms with van der Waals surface area (Å²) in [5.41, 5.74) is -0.0958. The number of carbonyl (C=O) groups excluding carboxylic acids is 2. The molecule has 0 aliphatic carbocycles. The lowest BCUT2D eigenvalue weighted by molar-refractivity contribution is -0.136. The van der Waals surface area contributed by atoms with E-state index in [1.807, 2.05) is 0 Å². The summed E-state index contributed by atoms with van der Waals surface area (Å²) in [6, 6.07) is 3.97. The minimum atomic E-state index is -0.993. The standard InChI is InChI=1S/C11H12BrFN2O3/c1-6(16)5-14-10(17)11(18)15-9-4-7(12)2-3-8(9)13/h2-4,6,16H,5H2,1H3,(H,14,17)(H,15,18)/t6-/m1/s1. The molecule has 1 aromatic rings. The van der Waals surface area contributed by atoms with E-state index in [9.17, 15) is 14.0 Å². The summed E-state index contributed by atoms with van der Waals surface area (Å²) in [6.45, 7) is 1.42. The lowest BCUT2D eigenvalue weighted by atomic mass is 10.3. The Labute approximate surface area is 112 Å². The highest BCUT2D eigenvalue weighted by molar-refractivity contribution is 9.10. The van der Waals surface area contributed by atoms with E-state index in [1.54, 1.807) is 0 Å². The predicted octanol–water partition coefficient (Wildman–Crippen LogP) is 1.02. The number of hydrogen-bond donors (Lipinski definition) is 3. The fourth-order valence-electron chi connectivity index (χ4n) is 1.09. The smallest absolute Gasteiger partial charge is 0.313 e. The van der Waals surface area contributed by atoms with Crippen LogP contribution in [-0.4, -0.2) is 29.6 Å². The number of amides is 2. The van der Waals surface area contributed by atoms with Crippen LogP contribution in [0.3, 0.4) is 0 Å². The van der Waals surface area contributed by atoms with Gasteiger partial charge in [0.1, 0.15) is 5.82 Å². The molecule has 2 amide bonds. The molecule has 0 heterocycles. The van der Waals surface area contributed by atoms with Gasteiger partial charge in [0.05, 0.1) is 11.8 Å². The summed E-state index contributed by atoms with van der Waals surface area (Å²) < 4.78 is 13.9. The summed E-state index contributed by atoms with van der Waals surface area (Å²) in [5, 5.41) is 13.3. The molecule has 5 nitrogen and oxygen atoms in total. The van der Waals surface area contributed by atoms with E-state index in [0.717, 1.165) is 6.07 Å². The molecule has 0 saturated heterocycles. The van der Waals surface area contributed by atoms with Crippen LogP contribution in [0.5, 0.6) is 0 Å². The van der Waals surface area contributed by atoms with E-state index in [1.165, 1.54) is 19.1 Å². The topological polar surface area (TPSA) is 78.4 Å². The Morgan fingerprint density at radius 2 is 2.11 bits per heavy atom. The van der Waals surface area contributed by atoms with Crippen molar-refractivity contribution in [3.05, 3.63) is 28.5 Å². The van der Waals surface area contributed by atoms with Crippen LogP contribution in [0.4, 0.5) is 10.1 Å². The molecule has 7 heteroatoms. The number of carbonyl (C=O) groups is 2. The molecule has 0 fully saturated rings. The summed E-state index contributed by atoms with van der Waals surface area (Å²) in [5.74, 6) is -2.57. The van der Waals surface area contributed by atoms with Crippen molar-refractivity contribution >= 4 is 33.4 Å². The summed E-state index contributed by atoms with van der Waals surface area (Å²) in [6.07, 6.45) is -0.760. The van der Waals surface area contributed by atoms with E-state index < -0.39 is 23.7 Å². The quantitative estimate of drug-likeness (QED) is 0.728. The van der Waals surface area contributed by atoms with Crippen molar-refractivity contribution in [2.24, 2.45) is 0 Å². The fourth-order valence-corrected chi connectivity index (χ4v) is 1.45. The molecule has 0 saturated carbocycles. The van der Waals surface area contributed by atoms with Crippen molar-refractivity contribution < 1.29 is 19.1 Å². The van der Waals surface area contributed by atoms with E-state index in [4.69, 9.17) is 5.11 Å². The third-order valence-electron chi connectivity index (χ3n) is 1.94. The maximum absolute atomic E-state index is 13.3. The molecule has 0 aromatic heterocycles. The van der Waals surface area contributed by atoms with Gasteiger partial charge >= 0.3 is 11.8 Å². The van der Waals surface area contributed by atoms with Gasteiger partial charge in [0.15, 0.2) is 0 Å². The molecule has 1 rings (SSSR count). The molecule has 0 aliphatic heterocycles. The second-order valence-corrected chi connectivity index (χ2v) is 4.55. The van der Waals surface area contributed by atoms with Crippen molar-refractivity contribution in [2.75, 3.05) is 11.9 Å². The van der Waals surface area contributed by atoms with Gasteiger partial charge in [-0.25, -0.2) is 4.39 Å². The van der Waals surface area contributed by atoms with Gasteiger partial charge in [-0.15, -0.1) is 0 Å². The molecule has 0 aliphatic rings. The largest absolute Gasteiger partial charge is 0.392 e.